The van der Waals surface area contributed by atoms with Gasteiger partial charge in [0.1, 0.15) is 12.0 Å². The van der Waals surface area contributed by atoms with Gasteiger partial charge in [-0.2, -0.15) is 0 Å². The molecule has 6 nitrogen and oxygen atoms in total. The van der Waals surface area contributed by atoms with Crippen molar-refractivity contribution in [1.82, 2.24) is 15.2 Å². The monoisotopic (exact) mass is 476 g/mol. The number of aliphatic hydroxyl groups excluding tert-OH is 1. The summed E-state index contributed by atoms with van der Waals surface area (Å²) in [7, 11) is 1.55. The molecule has 0 radical (unpaired) electrons. The number of H-pyrrole nitrogens is 1. The van der Waals surface area contributed by atoms with Crippen LogP contribution >= 0.6 is 0 Å². The van der Waals surface area contributed by atoms with Crippen LogP contribution in [-0.2, 0) is 6.42 Å². The predicted octanol–water partition coefficient (Wildman–Crippen LogP) is 4.07. The van der Waals surface area contributed by atoms with E-state index in [9.17, 15) is 18.3 Å². The van der Waals surface area contributed by atoms with Crippen LogP contribution in [0.25, 0.3) is 10.9 Å². The lowest BCUT2D eigenvalue weighted by Gasteiger charge is -2.40. The first-order chi connectivity index (χ1) is 16.5. The topological polar surface area (TPSA) is 72.5 Å². The number of alkyl halides is 3. The van der Waals surface area contributed by atoms with Crippen molar-refractivity contribution in [3.63, 3.8) is 0 Å². The summed E-state index contributed by atoms with van der Waals surface area (Å²) in [4.78, 5) is 4.84. The summed E-state index contributed by atoms with van der Waals surface area (Å²) in [5.74, 6) is 0.540. The second-order valence-corrected chi connectivity index (χ2v) is 8.41. The van der Waals surface area contributed by atoms with Gasteiger partial charge in [0.15, 0.2) is 0 Å². The van der Waals surface area contributed by atoms with Gasteiger partial charge in [0.25, 0.3) is 6.43 Å². The summed E-state index contributed by atoms with van der Waals surface area (Å²) in [5.41, 5.74) is 4.15. The van der Waals surface area contributed by atoms with Crippen molar-refractivity contribution in [2.45, 2.75) is 31.5 Å². The van der Waals surface area contributed by atoms with E-state index in [1.165, 1.54) is 4.90 Å². The zero-order valence-corrected chi connectivity index (χ0v) is 19.2. The average molecular weight is 477 g/mol. The van der Waals surface area contributed by atoms with Crippen LogP contribution in [0.2, 0.25) is 0 Å². The van der Waals surface area contributed by atoms with Crippen molar-refractivity contribution in [2.24, 2.45) is 0 Å². The molecule has 0 fully saturated rings. The average Bonchev–Trinajstić information content (AvgIpc) is 3.19. The molecule has 0 amide bonds. The summed E-state index contributed by atoms with van der Waals surface area (Å²) < 4.78 is 44.9. The maximum atomic E-state index is 13.5. The molecular formula is C25H31F3N4O2. The molecular weight excluding hydrogens is 445 g/mol. The van der Waals surface area contributed by atoms with Crippen molar-refractivity contribution >= 4 is 16.6 Å². The lowest BCUT2D eigenvalue weighted by molar-refractivity contribution is -0.0560. The quantitative estimate of drug-likeness (QED) is 0.314. The zero-order valence-electron chi connectivity index (χ0n) is 19.2. The van der Waals surface area contributed by atoms with E-state index in [-0.39, 0.29) is 13.1 Å². The lowest BCUT2D eigenvalue weighted by atomic mass is 9.90. The Hall–Kier alpha value is -2.75. The van der Waals surface area contributed by atoms with Crippen LogP contribution < -0.4 is 15.4 Å². The predicted molar refractivity (Wildman–Crippen MR) is 128 cm³/mol. The van der Waals surface area contributed by atoms with Gasteiger partial charge in [-0.15, -0.1) is 0 Å². The van der Waals surface area contributed by atoms with Gasteiger partial charge in [0, 0.05) is 53.4 Å². The van der Waals surface area contributed by atoms with Gasteiger partial charge in [-0.05, 0) is 30.7 Å². The van der Waals surface area contributed by atoms with Crippen LogP contribution in [0.3, 0.4) is 0 Å². The largest absolute Gasteiger partial charge is 0.496 e. The Bertz CT molecular complexity index is 1090. The summed E-state index contributed by atoms with van der Waals surface area (Å²) in [6, 6.07) is 12.7. The molecule has 1 aliphatic heterocycles. The first-order valence-corrected chi connectivity index (χ1v) is 11.5. The van der Waals surface area contributed by atoms with Gasteiger partial charge in [-0.25, -0.2) is 8.78 Å². The van der Waals surface area contributed by atoms with Gasteiger partial charge in [-0.3, -0.25) is 9.29 Å². The Labute approximate surface area is 197 Å². The van der Waals surface area contributed by atoms with Crippen molar-refractivity contribution < 1.29 is 23.0 Å². The summed E-state index contributed by atoms with van der Waals surface area (Å²) in [6.45, 7) is 1.04. The van der Waals surface area contributed by atoms with E-state index in [1.54, 1.807) is 7.11 Å². The van der Waals surface area contributed by atoms with Crippen LogP contribution in [0, 0.1) is 0 Å². The molecule has 0 saturated heterocycles. The maximum Gasteiger partial charge on any atom is 0.251 e. The minimum absolute atomic E-state index is 0.264. The Kier molecular flexibility index (Phi) is 7.97. The van der Waals surface area contributed by atoms with E-state index in [0.29, 0.717) is 37.4 Å². The highest BCUT2D eigenvalue weighted by molar-refractivity contribution is 5.85. The lowest BCUT2D eigenvalue weighted by Crippen LogP contribution is -2.46. The Morgan fingerprint density at radius 3 is 2.76 bits per heavy atom. The third-order valence-corrected chi connectivity index (χ3v) is 6.22. The normalized spacial score (nSPS) is 18.4. The standard InChI is InChI=1S/C25H31F3N4O2/c1-34-21-13-16(30-12-11-29-10-4-9-26)7-8-18(21)25-24-19(14-23(33)32(25)15-22(27)28)17-5-2-3-6-20(17)31-24/h2-3,5-8,13,22-23,25,29-31,33H,4,9-12,14-15H2,1H3/t23-,25-/m1/s1. The van der Waals surface area contributed by atoms with E-state index < -0.39 is 25.2 Å². The molecule has 2 heterocycles. The molecule has 0 unspecified atom stereocenters. The van der Waals surface area contributed by atoms with Gasteiger partial charge < -0.3 is 25.5 Å². The Morgan fingerprint density at radius 2 is 2.00 bits per heavy atom. The number of fused-ring (bicyclic) bond motifs is 3. The van der Waals surface area contributed by atoms with Gasteiger partial charge in [-0.1, -0.05) is 24.3 Å². The second kappa shape index (κ2) is 11.1. The van der Waals surface area contributed by atoms with Crippen molar-refractivity contribution in [3.8, 4) is 5.75 Å². The van der Waals surface area contributed by atoms with Crippen molar-refractivity contribution in [2.75, 3.05) is 45.3 Å². The van der Waals surface area contributed by atoms with Gasteiger partial charge in [0.05, 0.1) is 26.4 Å². The summed E-state index contributed by atoms with van der Waals surface area (Å²) >= 11 is 0. The Balaban J connectivity index is 1.66. The number of rotatable bonds is 11. The van der Waals surface area contributed by atoms with Crippen LogP contribution in [-0.4, -0.2) is 67.6 Å². The third kappa shape index (κ3) is 5.16. The highest BCUT2D eigenvalue weighted by Crippen LogP contribution is 2.43. The number of methoxy groups -OCH3 is 1. The first kappa shape index (κ1) is 24.4. The van der Waals surface area contributed by atoms with Gasteiger partial charge in [0.2, 0.25) is 0 Å². The van der Waals surface area contributed by atoms with E-state index in [1.807, 2.05) is 42.5 Å². The molecule has 4 N–H and O–H groups in total. The number of para-hydroxylation sites is 1. The summed E-state index contributed by atoms with van der Waals surface area (Å²) in [6.07, 6.45) is -2.90. The second-order valence-electron chi connectivity index (χ2n) is 8.41. The molecule has 1 aromatic heterocycles. The van der Waals surface area contributed by atoms with Crippen LogP contribution in [0.1, 0.15) is 29.3 Å². The minimum Gasteiger partial charge on any atom is -0.496 e. The fourth-order valence-electron chi connectivity index (χ4n) is 4.69. The number of aromatic nitrogens is 1. The van der Waals surface area contributed by atoms with Crippen LogP contribution in [0.4, 0.5) is 18.9 Å². The van der Waals surface area contributed by atoms with E-state index in [2.05, 4.69) is 15.6 Å². The van der Waals surface area contributed by atoms with Crippen molar-refractivity contribution in [3.05, 3.63) is 59.3 Å². The molecule has 2 aromatic carbocycles. The Morgan fingerprint density at radius 1 is 1.18 bits per heavy atom. The number of anilines is 1. The van der Waals surface area contributed by atoms with Crippen LogP contribution in [0.15, 0.2) is 42.5 Å². The highest BCUT2D eigenvalue weighted by Gasteiger charge is 2.39. The first-order valence-electron chi connectivity index (χ1n) is 11.5. The molecule has 34 heavy (non-hydrogen) atoms. The maximum absolute atomic E-state index is 13.5. The molecule has 1 aliphatic rings. The van der Waals surface area contributed by atoms with E-state index in [4.69, 9.17) is 4.74 Å². The highest BCUT2D eigenvalue weighted by atomic mass is 19.3. The minimum atomic E-state index is -2.60. The number of aromatic amines is 1. The molecule has 2 atom stereocenters. The number of nitrogens with one attached hydrogen (secondary N) is 3. The fraction of sp³-hybridized carbons (Fsp3) is 0.440. The molecule has 184 valence electrons. The zero-order chi connectivity index (χ0) is 24.1. The number of hydrogen-bond acceptors (Lipinski definition) is 5. The van der Waals surface area contributed by atoms with Crippen LogP contribution in [0.5, 0.6) is 5.75 Å². The fourth-order valence-corrected chi connectivity index (χ4v) is 4.69. The number of ether oxygens (including phenoxy) is 1. The summed E-state index contributed by atoms with van der Waals surface area (Å²) in [5, 5.41) is 18.3. The molecule has 0 bridgehead atoms. The van der Waals surface area contributed by atoms with E-state index >= 15 is 0 Å². The molecule has 9 heteroatoms. The smallest absolute Gasteiger partial charge is 0.251 e. The molecule has 3 aromatic rings. The van der Waals surface area contributed by atoms with Gasteiger partial charge >= 0.3 is 0 Å². The third-order valence-electron chi connectivity index (χ3n) is 6.22. The van der Waals surface area contributed by atoms with E-state index in [0.717, 1.165) is 27.8 Å². The number of nitrogens with zero attached hydrogens (tertiary/aromatic N) is 1. The molecule has 0 spiro atoms. The molecule has 0 saturated carbocycles. The molecule has 4 rings (SSSR count). The number of benzene rings is 2. The van der Waals surface area contributed by atoms with Crippen molar-refractivity contribution in [1.29, 1.82) is 0 Å². The SMILES string of the molecule is COc1cc(NCCNCCCF)ccc1[C@@H]1c2[nH]c3ccccc3c2C[C@@H](O)N1CC(F)F. The number of halogens is 3. The number of aliphatic hydroxyl groups is 1. The number of hydrogen-bond donors (Lipinski definition) is 4. The molecule has 0 aliphatic carbocycles.